The van der Waals surface area contributed by atoms with Crippen LogP contribution in [0.2, 0.25) is 0 Å². The standard InChI is InChI=1S/C14H16F3N3O/c1-2-5-18-6-3-4-12-19-20-14(21-12)13-10(16)7-9(15)8-11(13)17/h7-8,18H,2-6H2,1H3. The molecule has 0 amide bonds. The first-order valence-corrected chi connectivity index (χ1v) is 6.79. The van der Waals surface area contributed by atoms with Crippen LogP contribution in [0.5, 0.6) is 0 Å². The van der Waals surface area contributed by atoms with Crippen molar-refractivity contribution in [2.24, 2.45) is 0 Å². The Kier molecular flexibility index (Phi) is 5.32. The van der Waals surface area contributed by atoms with Gasteiger partial charge in [-0.1, -0.05) is 6.92 Å². The third-order valence-corrected chi connectivity index (χ3v) is 2.86. The van der Waals surface area contributed by atoms with Crippen LogP contribution in [0.1, 0.15) is 25.7 Å². The van der Waals surface area contributed by atoms with Crippen LogP contribution in [0.3, 0.4) is 0 Å². The summed E-state index contributed by atoms with van der Waals surface area (Å²) in [5.41, 5.74) is -0.501. The molecule has 4 nitrogen and oxygen atoms in total. The van der Waals surface area contributed by atoms with E-state index in [0.29, 0.717) is 24.4 Å². The largest absolute Gasteiger partial charge is 0.420 e. The number of nitrogens with zero attached hydrogens (tertiary/aromatic N) is 2. The highest BCUT2D eigenvalue weighted by Crippen LogP contribution is 2.25. The Bertz CT molecular complexity index is 578. The Morgan fingerprint density at radius 1 is 1.10 bits per heavy atom. The van der Waals surface area contributed by atoms with Gasteiger partial charge in [-0.05, 0) is 25.9 Å². The number of hydrogen-bond donors (Lipinski definition) is 1. The lowest BCUT2D eigenvalue weighted by molar-refractivity contribution is 0.480. The van der Waals surface area contributed by atoms with Crippen molar-refractivity contribution in [3.8, 4) is 11.5 Å². The summed E-state index contributed by atoms with van der Waals surface area (Å²) in [6, 6.07) is 1.16. The zero-order chi connectivity index (χ0) is 15.2. The predicted molar refractivity (Wildman–Crippen MR) is 71.1 cm³/mol. The maximum atomic E-state index is 13.6. The molecule has 0 bridgehead atoms. The van der Waals surface area contributed by atoms with Crippen LogP contribution >= 0.6 is 0 Å². The maximum absolute atomic E-state index is 13.6. The maximum Gasteiger partial charge on any atom is 0.253 e. The minimum Gasteiger partial charge on any atom is -0.420 e. The fraction of sp³-hybridized carbons (Fsp3) is 0.429. The van der Waals surface area contributed by atoms with Gasteiger partial charge in [-0.3, -0.25) is 0 Å². The smallest absolute Gasteiger partial charge is 0.253 e. The molecule has 114 valence electrons. The van der Waals surface area contributed by atoms with Gasteiger partial charge >= 0.3 is 0 Å². The number of benzene rings is 1. The minimum absolute atomic E-state index is 0.276. The lowest BCUT2D eigenvalue weighted by Gasteiger charge is -2.01. The molecule has 0 spiro atoms. The first-order valence-electron chi connectivity index (χ1n) is 6.79. The second-order valence-corrected chi connectivity index (χ2v) is 4.60. The summed E-state index contributed by atoms with van der Waals surface area (Å²) in [5.74, 6) is -3.09. The van der Waals surface area contributed by atoms with Gasteiger partial charge in [-0.25, -0.2) is 13.2 Å². The van der Waals surface area contributed by atoms with Crippen LogP contribution in [0, 0.1) is 17.5 Å². The normalized spacial score (nSPS) is 11.0. The Balaban J connectivity index is 2.03. The van der Waals surface area contributed by atoms with E-state index in [1.165, 1.54) is 0 Å². The second kappa shape index (κ2) is 7.21. The van der Waals surface area contributed by atoms with E-state index in [4.69, 9.17) is 4.42 Å². The van der Waals surface area contributed by atoms with Crippen molar-refractivity contribution in [1.82, 2.24) is 15.5 Å². The van der Waals surface area contributed by atoms with Gasteiger partial charge in [0.2, 0.25) is 5.89 Å². The monoisotopic (exact) mass is 299 g/mol. The van der Waals surface area contributed by atoms with E-state index in [0.717, 1.165) is 25.9 Å². The molecule has 0 radical (unpaired) electrons. The van der Waals surface area contributed by atoms with Gasteiger partial charge in [0.15, 0.2) is 0 Å². The third-order valence-electron chi connectivity index (χ3n) is 2.86. The fourth-order valence-electron chi connectivity index (χ4n) is 1.87. The first-order chi connectivity index (χ1) is 10.1. The van der Waals surface area contributed by atoms with E-state index in [-0.39, 0.29) is 5.89 Å². The van der Waals surface area contributed by atoms with E-state index < -0.39 is 23.0 Å². The number of aromatic nitrogens is 2. The number of hydrogen-bond acceptors (Lipinski definition) is 4. The van der Waals surface area contributed by atoms with Crippen LogP contribution in [-0.2, 0) is 6.42 Å². The number of aryl methyl sites for hydroxylation is 1. The van der Waals surface area contributed by atoms with Crippen molar-refractivity contribution in [3.63, 3.8) is 0 Å². The van der Waals surface area contributed by atoms with Crippen molar-refractivity contribution in [2.75, 3.05) is 13.1 Å². The molecule has 0 aliphatic rings. The molecule has 1 N–H and O–H groups in total. The molecule has 0 fully saturated rings. The molecule has 2 aromatic rings. The van der Waals surface area contributed by atoms with E-state index in [9.17, 15) is 13.2 Å². The average Bonchev–Trinajstić information content (AvgIpc) is 2.86. The highest BCUT2D eigenvalue weighted by atomic mass is 19.1. The number of rotatable bonds is 7. The summed E-state index contributed by atoms with van der Waals surface area (Å²) < 4.78 is 45.2. The third kappa shape index (κ3) is 4.04. The molecule has 0 unspecified atom stereocenters. The zero-order valence-corrected chi connectivity index (χ0v) is 11.6. The second-order valence-electron chi connectivity index (χ2n) is 4.60. The Morgan fingerprint density at radius 2 is 1.81 bits per heavy atom. The molecule has 1 aromatic carbocycles. The Hall–Kier alpha value is -1.89. The fourth-order valence-corrected chi connectivity index (χ4v) is 1.87. The van der Waals surface area contributed by atoms with Crippen molar-refractivity contribution < 1.29 is 17.6 Å². The summed E-state index contributed by atoms with van der Waals surface area (Å²) >= 11 is 0. The van der Waals surface area contributed by atoms with Crippen molar-refractivity contribution in [2.45, 2.75) is 26.2 Å². The van der Waals surface area contributed by atoms with Crippen LogP contribution < -0.4 is 5.32 Å². The highest BCUT2D eigenvalue weighted by Gasteiger charge is 2.19. The average molecular weight is 299 g/mol. The Labute approximate surface area is 120 Å². The molecule has 21 heavy (non-hydrogen) atoms. The summed E-state index contributed by atoms with van der Waals surface area (Å²) in [4.78, 5) is 0. The molecule has 0 aliphatic carbocycles. The molecule has 0 aliphatic heterocycles. The van der Waals surface area contributed by atoms with E-state index >= 15 is 0 Å². The first kappa shape index (κ1) is 15.5. The topological polar surface area (TPSA) is 51.0 Å². The molecule has 1 aromatic heterocycles. The van der Waals surface area contributed by atoms with E-state index in [2.05, 4.69) is 22.4 Å². The molecule has 0 atom stereocenters. The van der Waals surface area contributed by atoms with Gasteiger partial charge in [0, 0.05) is 18.6 Å². The van der Waals surface area contributed by atoms with Gasteiger partial charge in [-0.2, -0.15) is 0 Å². The van der Waals surface area contributed by atoms with Gasteiger partial charge in [0.25, 0.3) is 5.89 Å². The lowest BCUT2D eigenvalue weighted by Crippen LogP contribution is -2.16. The number of nitrogens with one attached hydrogen (secondary N) is 1. The van der Waals surface area contributed by atoms with Gasteiger partial charge in [-0.15, -0.1) is 10.2 Å². The zero-order valence-electron chi connectivity index (χ0n) is 11.6. The predicted octanol–water partition coefficient (Wildman–Crippen LogP) is 3.09. The molecule has 7 heteroatoms. The quantitative estimate of drug-likeness (QED) is 0.798. The van der Waals surface area contributed by atoms with Gasteiger partial charge < -0.3 is 9.73 Å². The number of halogens is 3. The van der Waals surface area contributed by atoms with Crippen LogP contribution in [0.4, 0.5) is 13.2 Å². The minimum atomic E-state index is -1.06. The van der Waals surface area contributed by atoms with Gasteiger partial charge in [0.05, 0.1) is 0 Å². The molecule has 2 rings (SSSR count). The van der Waals surface area contributed by atoms with Crippen LogP contribution in [0.15, 0.2) is 16.5 Å². The van der Waals surface area contributed by atoms with Gasteiger partial charge in [0.1, 0.15) is 23.0 Å². The molecule has 0 saturated heterocycles. The van der Waals surface area contributed by atoms with Crippen LogP contribution in [-0.4, -0.2) is 23.3 Å². The molecular weight excluding hydrogens is 283 g/mol. The van der Waals surface area contributed by atoms with E-state index in [1.54, 1.807) is 0 Å². The van der Waals surface area contributed by atoms with Crippen molar-refractivity contribution in [1.29, 1.82) is 0 Å². The highest BCUT2D eigenvalue weighted by molar-refractivity contribution is 5.54. The van der Waals surface area contributed by atoms with Crippen molar-refractivity contribution >= 4 is 0 Å². The summed E-state index contributed by atoms with van der Waals surface area (Å²) in [7, 11) is 0. The van der Waals surface area contributed by atoms with E-state index in [1.807, 2.05) is 0 Å². The molecular formula is C14H16F3N3O. The lowest BCUT2D eigenvalue weighted by atomic mass is 10.2. The summed E-state index contributed by atoms with van der Waals surface area (Å²) in [6.45, 7) is 3.80. The Morgan fingerprint density at radius 3 is 2.48 bits per heavy atom. The SMILES string of the molecule is CCCNCCCc1nnc(-c2c(F)cc(F)cc2F)o1. The molecule has 1 heterocycles. The summed E-state index contributed by atoms with van der Waals surface area (Å²) in [5, 5.41) is 10.6. The molecule has 0 saturated carbocycles. The van der Waals surface area contributed by atoms with Crippen LogP contribution in [0.25, 0.3) is 11.5 Å². The summed E-state index contributed by atoms with van der Waals surface area (Å²) in [6.07, 6.45) is 2.33. The van der Waals surface area contributed by atoms with Crippen molar-refractivity contribution in [3.05, 3.63) is 35.5 Å².